The van der Waals surface area contributed by atoms with Gasteiger partial charge >= 0.3 is 0 Å². The van der Waals surface area contributed by atoms with Crippen molar-refractivity contribution in [1.29, 1.82) is 5.26 Å². The summed E-state index contributed by atoms with van der Waals surface area (Å²) >= 11 is 0. The second-order valence-electron chi connectivity index (χ2n) is 5.76. The average Bonchev–Trinajstić information content (AvgIpc) is 2.46. The van der Waals surface area contributed by atoms with Gasteiger partial charge < -0.3 is 9.80 Å². The first-order chi connectivity index (χ1) is 10.0. The highest BCUT2D eigenvalue weighted by Crippen LogP contribution is 2.28. The van der Waals surface area contributed by atoms with Gasteiger partial charge in [-0.25, -0.2) is 0 Å². The van der Waals surface area contributed by atoms with Crippen LogP contribution in [0.5, 0.6) is 0 Å². The van der Waals surface area contributed by atoms with Gasteiger partial charge in [0, 0.05) is 31.4 Å². The van der Waals surface area contributed by atoms with Gasteiger partial charge in [0.15, 0.2) is 0 Å². The number of anilines is 1. The quantitative estimate of drug-likeness (QED) is 0.627. The van der Waals surface area contributed by atoms with E-state index in [9.17, 15) is 10.1 Å². The molecule has 1 saturated heterocycles. The fourth-order valence-corrected chi connectivity index (χ4v) is 2.86. The van der Waals surface area contributed by atoms with Crippen molar-refractivity contribution >= 4 is 11.4 Å². The largest absolute Gasteiger partial charge is 0.371 e. The molecule has 0 aliphatic carbocycles. The first-order valence-electron chi connectivity index (χ1n) is 7.09. The number of hydrogen-bond donors (Lipinski definition) is 0. The third-order valence-corrected chi connectivity index (χ3v) is 3.90. The minimum Gasteiger partial charge on any atom is -0.371 e. The predicted molar refractivity (Wildman–Crippen MR) is 81.3 cm³/mol. The van der Waals surface area contributed by atoms with E-state index < -0.39 is 4.92 Å². The fourth-order valence-electron chi connectivity index (χ4n) is 2.86. The lowest BCUT2D eigenvalue weighted by Gasteiger charge is -2.34. The molecular formula is C15H20N4O2. The van der Waals surface area contributed by atoms with E-state index in [2.05, 4.69) is 23.9 Å². The van der Waals surface area contributed by atoms with E-state index in [4.69, 9.17) is 5.26 Å². The number of benzene rings is 1. The normalized spacial score (nSPS) is 16.0. The summed E-state index contributed by atoms with van der Waals surface area (Å²) in [6, 6.07) is 6.72. The molecule has 0 atom stereocenters. The second-order valence-corrected chi connectivity index (χ2v) is 5.76. The number of nitrogens with zero attached hydrogens (tertiary/aromatic N) is 4. The number of nitro benzene ring substituents is 1. The van der Waals surface area contributed by atoms with Crippen molar-refractivity contribution in [1.82, 2.24) is 4.90 Å². The topological polar surface area (TPSA) is 73.4 Å². The summed E-state index contributed by atoms with van der Waals surface area (Å²) in [7, 11) is 4.17. The molecule has 1 heterocycles. The zero-order valence-corrected chi connectivity index (χ0v) is 12.5. The van der Waals surface area contributed by atoms with E-state index >= 15 is 0 Å². The Hall–Kier alpha value is -2.13. The molecule has 6 nitrogen and oxygen atoms in total. The average molecular weight is 288 g/mol. The minimum atomic E-state index is -0.508. The molecule has 1 aliphatic heterocycles. The molecule has 0 aromatic heterocycles. The summed E-state index contributed by atoms with van der Waals surface area (Å²) in [5.41, 5.74) is 0.914. The molecule has 0 spiro atoms. The number of rotatable bonds is 4. The standard InChI is InChI=1S/C15H20N4O2/c1-17(2)11-12-5-7-18(8-6-12)14-3-4-15(19(20)21)13(9-14)10-16/h3-4,9,12H,5-8,11H2,1-2H3. The van der Waals surface area contributed by atoms with Crippen molar-refractivity contribution in [2.24, 2.45) is 5.92 Å². The SMILES string of the molecule is CN(C)CC1CCN(c2ccc([N+](=O)[O-])c(C#N)c2)CC1. The van der Waals surface area contributed by atoms with E-state index in [0.29, 0.717) is 5.92 Å². The highest BCUT2D eigenvalue weighted by Gasteiger charge is 2.22. The molecule has 0 N–H and O–H groups in total. The molecule has 0 radical (unpaired) electrons. The zero-order valence-electron chi connectivity index (χ0n) is 12.5. The van der Waals surface area contributed by atoms with Crippen molar-refractivity contribution in [2.75, 3.05) is 38.6 Å². The lowest BCUT2D eigenvalue weighted by molar-refractivity contribution is -0.385. The first-order valence-corrected chi connectivity index (χ1v) is 7.09. The molecule has 1 aromatic carbocycles. The van der Waals surface area contributed by atoms with Gasteiger partial charge in [-0.2, -0.15) is 5.26 Å². The molecule has 21 heavy (non-hydrogen) atoms. The molecular weight excluding hydrogens is 268 g/mol. The van der Waals surface area contributed by atoms with Crippen LogP contribution in [-0.2, 0) is 0 Å². The summed E-state index contributed by atoms with van der Waals surface area (Å²) in [5.74, 6) is 0.699. The van der Waals surface area contributed by atoms with Crippen LogP contribution in [0.2, 0.25) is 0 Å². The molecule has 1 fully saturated rings. The van der Waals surface area contributed by atoms with Crippen molar-refractivity contribution in [3.8, 4) is 6.07 Å². The fraction of sp³-hybridized carbons (Fsp3) is 0.533. The highest BCUT2D eigenvalue weighted by atomic mass is 16.6. The summed E-state index contributed by atoms with van der Waals surface area (Å²) in [6.07, 6.45) is 2.22. The Morgan fingerprint density at radius 1 is 1.43 bits per heavy atom. The summed E-state index contributed by atoms with van der Waals surface area (Å²) < 4.78 is 0. The van der Waals surface area contributed by atoms with Crippen LogP contribution < -0.4 is 4.90 Å². The van der Waals surface area contributed by atoms with Crippen molar-refractivity contribution in [3.63, 3.8) is 0 Å². The van der Waals surface area contributed by atoms with Gasteiger partial charge in [0.1, 0.15) is 11.6 Å². The molecule has 1 aromatic rings. The van der Waals surface area contributed by atoms with Crippen LogP contribution in [-0.4, -0.2) is 43.6 Å². The van der Waals surface area contributed by atoms with E-state index in [1.165, 1.54) is 6.07 Å². The van der Waals surface area contributed by atoms with Crippen LogP contribution in [0.1, 0.15) is 18.4 Å². The maximum Gasteiger partial charge on any atom is 0.287 e. The monoisotopic (exact) mass is 288 g/mol. The van der Waals surface area contributed by atoms with E-state index in [0.717, 1.165) is 38.2 Å². The van der Waals surface area contributed by atoms with Gasteiger partial charge in [0.05, 0.1) is 4.92 Å². The Kier molecular flexibility index (Phi) is 4.76. The first kappa shape index (κ1) is 15.3. The van der Waals surface area contributed by atoms with Crippen LogP contribution in [0.4, 0.5) is 11.4 Å². The predicted octanol–water partition coefficient (Wildman–Crippen LogP) is 2.24. The van der Waals surface area contributed by atoms with Crippen molar-refractivity contribution < 1.29 is 4.92 Å². The summed E-state index contributed by atoms with van der Waals surface area (Å²) in [5, 5.41) is 19.9. The van der Waals surface area contributed by atoms with E-state index in [1.807, 2.05) is 6.07 Å². The number of piperidine rings is 1. The van der Waals surface area contributed by atoms with Crippen LogP contribution in [0.15, 0.2) is 18.2 Å². The zero-order chi connectivity index (χ0) is 15.4. The third-order valence-electron chi connectivity index (χ3n) is 3.90. The number of hydrogen-bond acceptors (Lipinski definition) is 5. The smallest absolute Gasteiger partial charge is 0.287 e. The Labute approximate surface area is 124 Å². The highest BCUT2D eigenvalue weighted by molar-refractivity contribution is 5.60. The third kappa shape index (κ3) is 3.70. The van der Waals surface area contributed by atoms with E-state index in [-0.39, 0.29) is 11.3 Å². The van der Waals surface area contributed by atoms with Crippen molar-refractivity contribution in [2.45, 2.75) is 12.8 Å². The van der Waals surface area contributed by atoms with Crippen molar-refractivity contribution in [3.05, 3.63) is 33.9 Å². The Bertz CT molecular complexity index is 557. The lowest BCUT2D eigenvalue weighted by Crippen LogP contribution is -2.37. The molecule has 0 unspecified atom stereocenters. The molecule has 1 aliphatic rings. The lowest BCUT2D eigenvalue weighted by atomic mass is 9.96. The molecule has 0 saturated carbocycles. The maximum atomic E-state index is 10.9. The molecule has 2 rings (SSSR count). The van der Waals surface area contributed by atoms with Crippen LogP contribution in [0.3, 0.4) is 0 Å². The summed E-state index contributed by atoms with van der Waals surface area (Å²) in [6.45, 7) is 2.96. The number of nitriles is 1. The van der Waals surface area contributed by atoms with Crippen LogP contribution in [0.25, 0.3) is 0 Å². The van der Waals surface area contributed by atoms with Gasteiger partial charge in [0.25, 0.3) is 5.69 Å². The van der Waals surface area contributed by atoms with Gasteiger partial charge in [-0.1, -0.05) is 0 Å². The number of nitro groups is 1. The second kappa shape index (κ2) is 6.55. The Balaban J connectivity index is 2.07. The molecule has 6 heteroatoms. The van der Waals surface area contributed by atoms with Crippen LogP contribution in [0, 0.1) is 27.4 Å². The van der Waals surface area contributed by atoms with Gasteiger partial charge in [-0.3, -0.25) is 10.1 Å². The van der Waals surface area contributed by atoms with E-state index in [1.54, 1.807) is 12.1 Å². The molecule has 0 bridgehead atoms. The van der Waals surface area contributed by atoms with Crippen LogP contribution >= 0.6 is 0 Å². The maximum absolute atomic E-state index is 10.9. The molecule has 0 amide bonds. The Morgan fingerprint density at radius 2 is 2.10 bits per heavy atom. The summed E-state index contributed by atoms with van der Waals surface area (Å²) in [4.78, 5) is 14.8. The Morgan fingerprint density at radius 3 is 2.62 bits per heavy atom. The molecule has 112 valence electrons. The van der Waals surface area contributed by atoms with Gasteiger partial charge in [0.2, 0.25) is 0 Å². The van der Waals surface area contributed by atoms with Gasteiger partial charge in [-0.05, 0) is 45.0 Å². The van der Waals surface area contributed by atoms with Gasteiger partial charge in [-0.15, -0.1) is 0 Å². The minimum absolute atomic E-state index is 0.122.